The van der Waals surface area contributed by atoms with Crippen LogP contribution in [0.15, 0.2) is 52.1 Å². The van der Waals surface area contributed by atoms with Crippen molar-refractivity contribution in [2.24, 2.45) is 0 Å². The summed E-state index contributed by atoms with van der Waals surface area (Å²) >= 11 is 3.40. The Balaban J connectivity index is 1.46. The minimum atomic E-state index is -0.132. The maximum absolute atomic E-state index is 12.0. The molecule has 0 fully saturated rings. The average molecular weight is 495 g/mol. The smallest absolute Gasteiger partial charge is 0.277 e. The van der Waals surface area contributed by atoms with Crippen LogP contribution < -0.4 is 10.1 Å². The van der Waals surface area contributed by atoms with Gasteiger partial charge in [0.05, 0.1) is 5.75 Å². The molecule has 2 aromatic carbocycles. The summed E-state index contributed by atoms with van der Waals surface area (Å²) < 4.78 is 12.3. The highest BCUT2D eigenvalue weighted by Crippen LogP contribution is 2.20. The Bertz CT molecular complexity index is 928. The van der Waals surface area contributed by atoms with Gasteiger partial charge in [-0.05, 0) is 84.0 Å². The van der Waals surface area contributed by atoms with Gasteiger partial charge in [0.25, 0.3) is 11.1 Å². The van der Waals surface area contributed by atoms with Gasteiger partial charge in [-0.2, -0.15) is 0 Å². The van der Waals surface area contributed by atoms with Gasteiger partial charge in [0, 0.05) is 9.26 Å². The molecule has 6 nitrogen and oxygen atoms in total. The monoisotopic (exact) mass is 495 g/mol. The molecule has 0 radical (unpaired) electrons. The number of anilines is 1. The van der Waals surface area contributed by atoms with Gasteiger partial charge in [0.15, 0.2) is 6.61 Å². The number of amides is 1. The quantitative estimate of drug-likeness (QED) is 0.382. The van der Waals surface area contributed by atoms with Crippen molar-refractivity contribution in [3.8, 4) is 5.75 Å². The molecule has 0 unspecified atom stereocenters. The Morgan fingerprint density at radius 3 is 2.67 bits per heavy atom. The number of aromatic nitrogens is 2. The van der Waals surface area contributed by atoms with Crippen LogP contribution in [0.4, 0.5) is 5.69 Å². The Morgan fingerprint density at radius 2 is 1.93 bits per heavy atom. The van der Waals surface area contributed by atoms with Crippen LogP contribution >= 0.6 is 34.4 Å². The number of nitrogens with one attached hydrogen (secondary N) is 1. The number of benzene rings is 2. The number of carbonyl (C=O) groups is 1. The third kappa shape index (κ3) is 5.96. The summed E-state index contributed by atoms with van der Waals surface area (Å²) in [6.45, 7) is 4.27. The van der Waals surface area contributed by atoms with Crippen molar-refractivity contribution >= 4 is 45.9 Å². The number of hydrogen-bond acceptors (Lipinski definition) is 6. The van der Waals surface area contributed by atoms with Crippen LogP contribution in [0.1, 0.15) is 17.0 Å². The molecular formula is C19H18IN3O3S. The number of nitrogens with zero attached hydrogens (tertiary/aromatic N) is 2. The molecule has 1 heterocycles. The lowest BCUT2D eigenvalue weighted by molar-refractivity contribution is -0.113. The van der Waals surface area contributed by atoms with Gasteiger partial charge in [-0.1, -0.05) is 17.8 Å². The van der Waals surface area contributed by atoms with Gasteiger partial charge in [-0.15, -0.1) is 10.2 Å². The predicted molar refractivity (Wildman–Crippen MR) is 113 cm³/mol. The standard InChI is InChI=1S/C19H18IN3O3S/c1-12-3-8-16(9-13(12)2)25-10-18-22-23-19(26-18)27-11-17(24)21-15-6-4-14(20)5-7-15/h3-9H,10-11H2,1-2H3,(H,21,24). The Kier molecular flexibility index (Phi) is 6.73. The zero-order chi connectivity index (χ0) is 19.2. The van der Waals surface area contributed by atoms with Gasteiger partial charge < -0.3 is 14.5 Å². The van der Waals surface area contributed by atoms with E-state index < -0.39 is 0 Å². The molecule has 140 valence electrons. The number of hydrogen-bond donors (Lipinski definition) is 1. The molecule has 0 saturated heterocycles. The number of carbonyl (C=O) groups excluding carboxylic acids is 1. The first-order valence-corrected chi connectivity index (χ1v) is 10.3. The van der Waals surface area contributed by atoms with Gasteiger partial charge in [0.2, 0.25) is 5.91 Å². The van der Waals surface area contributed by atoms with Gasteiger partial charge in [-0.3, -0.25) is 4.79 Å². The molecule has 27 heavy (non-hydrogen) atoms. The summed E-state index contributed by atoms with van der Waals surface area (Å²) in [5.74, 6) is 1.18. The number of aryl methyl sites for hydroxylation is 2. The maximum Gasteiger partial charge on any atom is 0.277 e. The largest absolute Gasteiger partial charge is 0.484 e. The molecule has 3 rings (SSSR count). The summed E-state index contributed by atoms with van der Waals surface area (Å²) in [5, 5.41) is 11.0. The summed E-state index contributed by atoms with van der Waals surface area (Å²) in [6.07, 6.45) is 0. The summed E-state index contributed by atoms with van der Waals surface area (Å²) in [4.78, 5) is 12.0. The van der Waals surface area contributed by atoms with E-state index in [4.69, 9.17) is 9.15 Å². The second kappa shape index (κ2) is 9.23. The van der Waals surface area contributed by atoms with Gasteiger partial charge >= 0.3 is 0 Å². The van der Waals surface area contributed by atoms with Crippen LogP contribution in [0.2, 0.25) is 0 Å². The lowest BCUT2D eigenvalue weighted by atomic mass is 10.1. The summed E-state index contributed by atoms with van der Waals surface area (Å²) in [5.41, 5.74) is 3.13. The topological polar surface area (TPSA) is 77.2 Å². The first-order chi connectivity index (χ1) is 13.0. The third-order valence-electron chi connectivity index (χ3n) is 3.74. The minimum Gasteiger partial charge on any atom is -0.484 e. The van der Waals surface area contributed by atoms with Crippen LogP contribution in [0, 0.1) is 17.4 Å². The van der Waals surface area contributed by atoms with Crippen molar-refractivity contribution in [1.29, 1.82) is 0 Å². The van der Waals surface area contributed by atoms with Crippen LogP contribution in [0.5, 0.6) is 5.75 Å². The van der Waals surface area contributed by atoms with Gasteiger partial charge in [-0.25, -0.2) is 0 Å². The van der Waals surface area contributed by atoms with Crippen molar-refractivity contribution in [2.75, 3.05) is 11.1 Å². The third-order valence-corrected chi connectivity index (χ3v) is 5.28. The average Bonchev–Trinajstić information content (AvgIpc) is 3.11. The number of ether oxygens (including phenoxy) is 1. The van der Waals surface area contributed by atoms with Gasteiger partial charge in [0.1, 0.15) is 5.75 Å². The highest BCUT2D eigenvalue weighted by molar-refractivity contribution is 14.1. The van der Waals surface area contributed by atoms with Crippen molar-refractivity contribution in [1.82, 2.24) is 10.2 Å². The van der Waals surface area contributed by atoms with E-state index in [2.05, 4.69) is 45.0 Å². The molecule has 3 aromatic rings. The van der Waals surface area contributed by atoms with Crippen LogP contribution in [-0.4, -0.2) is 21.9 Å². The van der Waals surface area contributed by atoms with E-state index in [1.54, 1.807) is 0 Å². The minimum absolute atomic E-state index is 0.132. The molecule has 0 spiro atoms. The van der Waals surface area contributed by atoms with Crippen molar-refractivity contribution in [2.45, 2.75) is 25.7 Å². The Morgan fingerprint density at radius 1 is 1.15 bits per heavy atom. The molecule has 0 aliphatic heterocycles. The highest BCUT2D eigenvalue weighted by atomic mass is 127. The maximum atomic E-state index is 12.0. The molecule has 0 aliphatic carbocycles. The van der Waals surface area contributed by atoms with Crippen molar-refractivity contribution in [3.63, 3.8) is 0 Å². The molecule has 8 heteroatoms. The second-order valence-electron chi connectivity index (χ2n) is 5.84. The molecular weight excluding hydrogens is 477 g/mol. The second-order valence-corrected chi connectivity index (χ2v) is 8.01. The highest BCUT2D eigenvalue weighted by Gasteiger charge is 2.11. The van der Waals surface area contributed by atoms with E-state index >= 15 is 0 Å². The summed E-state index contributed by atoms with van der Waals surface area (Å²) in [6, 6.07) is 13.5. The van der Waals surface area contributed by atoms with E-state index in [-0.39, 0.29) is 18.3 Å². The fraction of sp³-hybridized carbons (Fsp3) is 0.211. The molecule has 0 atom stereocenters. The van der Waals surface area contributed by atoms with Crippen LogP contribution in [0.25, 0.3) is 0 Å². The lowest BCUT2D eigenvalue weighted by Crippen LogP contribution is -2.13. The molecule has 1 N–H and O–H groups in total. The Hall–Kier alpha value is -2.07. The van der Waals surface area contributed by atoms with E-state index in [0.29, 0.717) is 11.1 Å². The number of rotatable bonds is 7. The van der Waals surface area contributed by atoms with Crippen LogP contribution in [-0.2, 0) is 11.4 Å². The fourth-order valence-electron chi connectivity index (χ4n) is 2.16. The fourth-order valence-corrected chi connectivity index (χ4v) is 3.10. The number of halogens is 1. The zero-order valence-corrected chi connectivity index (χ0v) is 17.8. The first-order valence-electron chi connectivity index (χ1n) is 8.20. The predicted octanol–water partition coefficient (Wildman–Crippen LogP) is 4.60. The normalized spacial score (nSPS) is 10.6. The lowest BCUT2D eigenvalue weighted by Gasteiger charge is -2.06. The van der Waals surface area contributed by atoms with E-state index in [1.165, 1.54) is 17.3 Å². The molecule has 0 aliphatic rings. The number of thioether (sulfide) groups is 1. The van der Waals surface area contributed by atoms with E-state index in [9.17, 15) is 4.79 Å². The first kappa shape index (κ1) is 19.7. The Labute approximate surface area is 175 Å². The molecule has 1 aromatic heterocycles. The van der Waals surface area contributed by atoms with E-state index in [1.807, 2.05) is 49.4 Å². The van der Waals surface area contributed by atoms with E-state index in [0.717, 1.165) is 20.6 Å². The molecule has 1 amide bonds. The summed E-state index contributed by atoms with van der Waals surface area (Å²) in [7, 11) is 0. The van der Waals surface area contributed by atoms with Crippen LogP contribution in [0.3, 0.4) is 0 Å². The zero-order valence-electron chi connectivity index (χ0n) is 14.9. The molecule has 0 bridgehead atoms. The molecule has 0 saturated carbocycles. The SMILES string of the molecule is Cc1ccc(OCc2nnc(SCC(=O)Nc3ccc(I)cc3)o2)cc1C. The van der Waals surface area contributed by atoms with Crippen molar-refractivity contribution in [3.05, 3.63) is 63.1 Å². The van der Waals surface area contributed by atoms with Crippen molar-refractivity contribution < 1.29 is 13.9 Å².